The maximum Gasteiger partial charge on any atom is 0.472 e. The van der Waals surface area contributed by atoms with Crippen LogP contribution >= 0.6 is 15.6 Å². The summed E-state index contributed by atoms with van der Waals surface area (Å²) in [4.78, 5) is 73.1. The van der Waals surface area contributed by atoms with E-state index in [4.69, 9.17) is 37.0 Å². The van der Waals surface area contributed by atoms with E-state index in [0.717, 1.165) is 128 Å². The molecule has 0 saturated heterocycles. The van der Waals surface area contributed by atoms with Gasteiger partial charge in [0.25, 0.3) is 0 Å². The van der Waals surface area contributed by atoms with Crippen LogP contribution in [0.25, 0.3) is 0 Å². The molecule has 19 heteroatoms. The summed E-state index contributed by atoms with van der Waals surface area (Å²) in [5.41, 5.74) is 0. The number of carbonyl (C=O) groups is 4. The molecule has 0 bridgehead atoms. The van der Waals surface area contributed by atoms with Crippen LogP contribution in [0.3, 0.4) is 0 Å². The van der Waals surface area contributed by atoms with Gasteiger partial charge in [0.1, 0.15) is 19.3 Å². The fourth-order valence-corrected chi connectivity index (χ4v) is 11.6. The number of allylic oxidation sites excluding steroid dienone is 36. The highest BCUT2D eigenvalue weighted by atomic mass is 31.2. The van der Waals surface area contributed by atoms with E-state index in [-0.39, 0.29) is 25.7 Å². The molecule has 0 aliphatic heterocycles. The molecule has 630 valence electrons. The molecular weight excluding hydrogens is 1450 g/mol. The maximum absolute atomic E-state index is 13.1. The Balaban J connectivity index is 5.61. The Morgan fingerprint density at radius 3 is 0.768 bits per heavy atom. The predicted octanol–water partition coefficient (Wildman–Crippen LogP) is 25.2. The fourth-order valence-electron chi connectivity index (χ4n) is 10.1. The number of phosphoric ester groups is 2. The van der Waals surface area contributed by atoms with Crippen LogP contribution in [0.15, 0.2) is 219 Å². The number of ether oxygens (including phenoxy) is 4. The molecule has 0 fully saturated rings. The minimum Gasteiger partial charge on any atom is -0.462 e. The van der Waals surface area contributed by atoms with Crippen LogP contribution in [-0.2, 0) is 65.4 Å². The van der Waals surface area contributed by atoms with E-state index in [1.54, 1.807) is 0 Å². The van der Waals surface area contributed by atoms with Gasteiger partial charge in [-0.3, -0.25) is 37.3 Å². The van der Waals surface area contributed by atoms with Crippen LogP contribution in [0, 0.1) is 0 Å². The number of phosphoric acid groups is 2. The fraction of sp³-hybridized carbons (Fsp3) is 0.570. The minimum absolute atomic E-state index is 0.0108. The van der Waals surface area contributed by atoms with Crippen molar-refractivity contribution >= 4 is 39.5 Å². The standard InChI is InChI=1S/C93H146O17P2/c1-5-9-13-17-21-25-29-33-37-40-43-46-50-53-57-61-65-69-73-77-90(95)103-83-88(109-92(97)79-75-71-67-63-59-55-49-36-32-28-24-20-16-12-8-4)85-107-111(99,100)105-81-87(94)82-106-112(101,102)108-86-89(110-93(98)80-76-72-68-64-60-56-52-48-45-42-39-35-31-27-23-19-15-11-7-3)84-104-91(96)78-74-70-66-62-58-54-51-47-44-41-38-34-30-26-22-18-14-10-6-2/h11,15,21-28,33-39,43-49,53-54,56-58,60,65-66,68-70,72,87-89,94H,5-10,12-14,16-20,29-32,40-42,50-52,55,59,61-64,67,71,73-86H2,1-4H3,(H,99,100)(H,101,102)/b15-11-,25-21-,26-22-,27-23-,28-24-,37-33-,38-34-,39-35-,46-43-,47-44-,48-45-,49-36-,57-53-,58-54-,60-56-,69-65-,70-66-,72-68-/t87-,88+,89+/m0/s1. The first-order valence-corrected chi connectivity index (χ1v) is 45.0. The van der Waals surface area contributed by atoms with Gasteiger partial charge >= 0.3 is 39.5 Å². The number of esters is 4. The second-order valence-corrected chi connectivity index (χ2v) is 29.9. The summed E-state index contributed by atoms with van der Waals surface area (Å²) in [6, 6.07) is 0. The molecule has 0 aliphatic carbocycles. The number of hydrogen-bond acceptors (Lipinski definition) is 15. The molecule has 17 nitrogen and oxygen atoms in total. The van der Waals surface area contributed by atoms with E-state index < -0.39 is 97.5 Å². The van der Waals surface area contributed by atoms with Crippen LogP contribution in [0.4, 0.5) is 0 Å². The monoisotopic (exact) mass is 1600 g/mol. The second-order valence-electron chi connectivity index (χ2n) is 27.0. The van der Waals surface area contributed by atoms with E-state index in [1.165, 1.54) is 57.8 Å². The molecule has 0 rings (SSSR count). The lowest BCUT2D eigenvalue weighted by Crippen LogP contribution is -2.30. The van der Waals surface area contributed by atoms with Gasteiger partial charge in [-0.2, -0.15) is 0 Å². The summed E-state index contributed by atoms with van der Waals surface area (Å²) in [5.74, 6) is -2.51. The van der Waals surface area contributed by atoms with Crippen molar-refractivity contribution < 1.29 is 80.2 Å². The number of carbonyl (C=O) groups excluding carboxylic acids is 4. The lowest BCUT2D eigenvalue weighted by molar-refractivity contribution is -0.161. The predicted molar refractivity (Wildman–Crippen MR) is 463 cm³/mol. The molecule has 0 heterocycles. The lowest BCUT2D eigenvalue weighted by atomic mass is 10.1. The van der Waals surface area contributed by atoms with Gasteiger partial charge in [-0.05, 0) is 173 Å². The van der Waals surface area contributed by atoms with Gasteiger partial charge < -0.3 is 33.8 Å². The van der Waals surface area contributed by atoms with Crippen LogP contribution in [0.1, 0.15) is 285 Å². The maximum atomic E-state index is 13.1. The van der Waals surface area contributed by atoms with Gasteiger partial charge in [0.05, 0.1) is 26.4 Å². The van der Waals surface area contributed by atoms with Crippen molar-refractivity contribution in [3.63, 3.8) is 0 Å². The average Bonchev–Trinajstić information content (AvgIpc) is 0.897. The zero-order valence-electron chi connectivity index (χ0n) is 69.0. The molecule has 112 heavy (non-hydrogen) atoms. The van der Waals surface area contributed by atoms with Crippen molar-refractivity contribution in [1.29, 1.82) is 0 Å². The first kappa shape index (κ1) is 105. The Morgan fingerprint density at radius 2 is 0.482 bits per heavy atom. The quantitative estimate of drug-likeness (QED) is 0.0169. The average molecular weight is 1600 g/mol. The number of aliphatic hydroxyl groups is 1. The first-order valence-electron chi connectivity index (χ1n) is 42.0. The summed E-state index contributed by atoms with van der Waals surface area (Å²) < 4.78 is 68.5. The number of aliphatic hydroxyl groups excluding tert-OH is 1. The van der Waals surface area contributed by atoms with Crippen LogP contribution < -0.4 is 0 Å². The molecular formula is C93H146O17P2. The van der Waals surface area contributed by atoms with Gasteiger partial charge in [-0.15, -0.1) is 0 Å². The van der Waals surface area contributed by atoms with E-state index in [1.807, 2.05) is 54.7 Å². The van der Waals surface area contributed by atoms with E-state index >= 15 is 0 Å². The zero-order valence-corrected chi connectivity index (χ0v) is 70.8. The van der Waals surface area contributed by atoms with Gasteiger partial charge in [0, 0.05) is 25.7 Å². The summed E-state index contributed by atoms with van der Waals surface area (Å²) in [6.45, 7) is 4.38. The van der Waals surface area contributed by atoms with E-state index in [2.05, 4.69) is 192 Å². The SMILES string of the molecule is CC/C=C\C/C=C\C/C=C\C/C=C\C/C=C\C/C=C\CCC(=O)O[C@H](COC(=O)CC/C=C\C/C=C\C/C=C\C/C=C\C/C=C\CCCCC)COP(=O)(O)OC[C@@H](O)COP(=O)(O)OC[C@@H](COC(=O)CC/C=C\C/C=C\C/C=C\C/C=C\C/C=C\CCCCC)OC(=O)CCCCCCC/C=C\C/C=C\CCCCC. The van der Waals surface area contributed by atoms with Crippen LogP contribution in [0.5, 0.6) is 0 Å². The molecule has 3 N–H and O–H groups in total. The highest BCUT2D eigenvalue weighted by molar-refractivity contribution is 7.47. The largest absolute Gasteiger partial charge is 0.472 e. The van der Waals surface area contributed by atoms with Crippen molar-refractivity contribution in [2.75, 3.05) is 39.6 Å². The minimum atomic E-state index is -5.04. The highest BCUT2D eigenvalue weighted by Gasteiger charge is 2.30. The molecule has 0 aromatic heterocycles. The molecule has 2 unspecified atom stereocenters. The van der Waals surface area contributed by atoms with Crippen molar-refractivity contribution in [3.8, 4) is 0 Å². The Bertz CT molecular complexity index is 2990. The van der Waals surface area contributed by atoms with Crippen molar-refractivity contribution in [2.24, 2.45) is 0 Å². The molecule has 0 saturated carbocycles. The molecule has 0 radical (unpaired) electrons. The zero-order chi connectivity index (χ0) is 81.7. The summed E-state index contributed by atoms with van der Waals surface area (Å²) >= 11 is 0. The topological polar surface area (TPSA) is 237 Å². The van der Waals surface area contributed by atoms with Crippen LogP contribution in [0.2, 0.25) is 0 Å². The normalized spacial score (nSPS) is 14.9. The van der Waals surface area contributed by atoms with Crippen molar-refractivity contribution in [2.45, 2.75) is 303 Å². The number of rotatable bonds is 76. The van der Waals surface area contributed by atoms with Gasteiger partial charge in [0.15, 0.2) is 12.2 Å². The second kappa shape index (κ2) is 82.4. The molecule has 5 atom stereocenters. The number of unbranched alkanes of at least 4 members (excludes halogenated alkanes) is 14. The van der Waals surface area contributed by atoms with E-state index in [0.29, 0.717) is 44.9 Å². The third kappa shape index (κ3) is 81.4. The van der Waals surface area contributed by atoms with Crippen LogP contribution in [-0.4, -0.2) is 96.7 Å². The Kier molecular flexibility index (Phi) is 77.5. The number of hydrogen-bond donors (Lipinski definition) is 3. The molecule has 0 aromatic carbocycles. The Labute approximate surface area is 677 Å². The molecule has 0 aromatic rings. The molecule has 0 spiro atoms. The Hall–Kier alpha value is -6.62. The van der Waals surface area contributed by atoms with E-state index in [9.17, 15) is 43.2 Å². The summed E-state index contributed by atoms with van der Waals surface area (Å²) in [5, 5.41) is 10.7. The van der Waals surface area contributed by atoms with Crippen molar-refractivity contribution in [3.05, 3.63) is 219 Å². The highest BCUT2D eigenvalue weighted by Crippen LogP contribution is 2.45. The first-order chi connectivity index (χ1) is 54.7. The molecule has 0 aliphatic rings. The van der Waals surface area contributed by atoms with Gasteiger partial charge in [0.2, 0.25) is 0 Å². The summed E-state index contributed by atoms with van der Waals surface area (Å²) in [7, 11) is -10.1. The summed E-state index contributed by atoms with van der Waals surface area (Å²) in [6.07, 6.45) is 105. The third-order valence-corrected chi connectivity index (χ3v) is 18.3. The van der Waals surface area contributed by atoms with Gasteiger partial charge in [-0.1, -0.05) is 304 Å². The lowest BCUT2D eigenvalue weighted by Gasteiger charge is -2.21. The smallest absolute Gasteiger partial charge is 0.462 e. The van der Waals surface area contributed by atoms with Gasteiger partial charge in [-0.25, -0.2) is 9.13 Å². The van der Waals surface area contributed by atoms with Crippen molar-refractivity contribution in [1.82, 2.24) is 0 Å². The Morgan fingerprint density at radius 1 is 0.259 bits per heavy atom. The third-order valence-electron chi connectivity index (χ3n) is 16.4. The molecule has 0 amide bonds.